The molecule has 6 nitrogen and oxygen atoms in total. The van der Waals surface area contributed by atoms with Gasteiger partial charge in [-0.05, 0) is 29.2 Å². The monoisotopic (exact) mass is 309 g/mol. The molecule has 3 rings (SSSR count). The lowest BCUT2D eigenvalue weighted by Crippen LogP contribution is -2.29. The molecule has 0 radical (unpaired) electrons. The fraction of sp³-hybridized carbons (Fsp3) is 0.125. The summed E-state index contributed by atoms with van der Waals surface area (Å²) in [5, 5.41) is 31.0. The maximum absolute atomic E-state index is 9.38. The molecule has 0 aliphatic rings. The molecule has 7 heteroatoms. The normalized spacial score (nSPS) is 10.6. The van der Waals surface area contributed by atoms with E-state index in [-0.39, 0.29) is 0 Å². The third kappa shape index (κ3) is 2.84. The van der Waals surface area contributed by atoms with Crippen LogP contribution in [0.3, 0.4) is 0 Å². The second-order valence-corrected chi connectivity index (χ2v) is 5.07. The number of benzene rings is 2. The summed E-state index contributed by atoms with van der Waals surface area (Å²) in [5.41, 5.74) is 3.66. The SMILES string of the molecule is CNc1cnnc2cc(-c3cc(B(O)O)ccc3OC)ccc12. The quantitative estimate of drug-likeness (QED) is 0.624. The largest absolute Gasteiger partial charge is 0.496 e. The van der Waals surface area contributed by atoms with Crippen molar-refractivity contribution in [1.29, 1.82) is 0 Å². The van der Waals surface area contributed by atoms with Crippen LogP contribution in [0.1, 0.15) is 0 Å². The molecule has 0 saturated heterocycles. The molecule has 0 amide bonds. The number of hydrogen-bond donors (Lipinski definition) is 3. The third-order valence-electron chi connectivity index (χ3n) is 3.74. The van der Waals surface area contributed by atoms with Crippen molar-refractivity contribution in [1.82, 2.24) is 10.2 Å². The lowest BCUT2D eigenvalue weighted by molar-refractivity contribution is 0.415. The highest BCUT2D eigenvalue weighted by molar-refractivity contribution is 6.58. The Labute approximate surface area is 133 Å². The number of methoxy groups -OCH3 is 1. The van der Waals surface area contributed by atoms with Crippen molar-refractivity contribution in [2.45, 2.75) is 0 Å². The average molecular weight is 309 g/mol. The molecule has 2 aromatic carbocycles. The summed E-state index contributed by atoms with van der Waals surface area (Å²) in [7, 11) is 1.88. The van der Waals surface area contributed by atoms with Gasteiger partial charge in [-0.2, -0.15) is 10.2 Å². The van der Waals surface area contributed by atoms with Crippen molar-refractivity contribution in [3.63, 3.8) is 0 Å². The first-order valence-electron chi connectivity index (χ1n) is 7.11. The van der Waals surface area contributed by atoms with Gasteiger partial charge in [0.05, 0.1) is 24.5 Å². The second-order valence-electron chi connectivity index (χ2n) is 5.07. The van der Waals surface area contributed by atoms with Crippen molar-refractivity contribution in [2.75, 3.05) is 19.5 Å². The van der Waals surface area contributed by atoms with Gasteiger partial charge in [0.2, 0.25) is 0 Å². The fourth-order valence-electron chi connectivity index (χ4n) is 2.54. The summed E-state index contributed by atoms with van der Waals surface area (Å²) in [4.78, 5) is 0. The summed E-state index contributed by atoms with van der Waals surface area (Å²) in [6, 6.07) is 10.8. The highest BCUT2D eigenvalue weighted by atomic mass is 16.5. The first kappa shape index (κ1) is 15.3. The average Bonchev–Trinajstić information content (AvgIpc) is 2.59. The van der Waals surface area contributed by atoms with Gasteiger partial charge in [0, 0.05) is 18.0 Å². The zero-order valence-corrected chi connectivity index (χ0v) is 12.8. The van der Waals surface area contributed by atoms with Crippen LogP contribution in [0.25, 0.3) is 22.0 Å². The van der Waals surface area contributed by atoms with E-state index in [9.17, 15) is 10.0 Å². The lowest BCUT2D eigenvalue weighted by Gasteiger charge is -2.12. The minimum Gasteiger partial charge on any atom is -0.496 e. The van der Waals surface area contributed by atoms with Gasteiger partial charge in [-0.1, -0.05) is 18.2 Å². The van der Waals surface area contributed by atoms with Gasteiger partial charge in [-0.15, -0.1) is 0 Å². The topological polar surface area (TPSA) is 87.5 Å². The van der Waals surface area contributed by atoms with E-state index < -0.39 is 7.12 Å². The lowest BCUT2D eigenvalue weighted by atomic mass is 9.79. The fourth-order valence-corrected chi connectivity index (χ4v) is 2.54. The first-order valence-corrected chi connectivity index (χ1v) is 7.11. The minimum atomic E-state index is -1.53. The molecule has 0 fully saturated rings. The van der Waals surface area contributed by atoms with E-state index in [1.807, 2.05) is 25.2 Å². The minimum absolute atomic E-state index is 0.399. The molecule has 1 heterocycles. The van der Waals surface area contributed by atoms with Crippen LogP contribution >= 0.6 is 0 Å². The predicted octanol–water partition coefficient (Wildman–Crippen LogP) is 1.03. The number of anilines is 1. The van der Waals surface area contributed by atoms with E-state index in [1.165, 1.54) is 0 Å². The molecule has 3 N–H and O–H groups in total. The van der Waals surface area contributed by atoms with Gasteiger partial charge in [-0.3, -0.25) is 0 Å². The smallest absolute Gasteiger partial charge is 0.488 e. The van der Waals surface area contributed by atoms with Crippen LogP contribution in [0, 0.1) is 0 Å². The highest BCUT2D eigenvalue weighted by Crippen LogP contribution is 2.32. The molecular weight excluding hydrogens is 293 g/mol. The van der Waals surface area contributed by atoms with Crippen LogP contribution in [-0.2, 0) is 0 Å². The van der Waals surface area contributed by atoms with Crippen LogP contribution in [-0.4, -0.2) is 41.5 Å². The van der Waals surface area contributed by atoms with Crippen molar-refractivity contribution in [2.24, 2.45) is 0 Å². The molecule has 0 atom stereocenters. The molecule has 0 saturated carbocycles. The zero-order valence-electron chi connectivity index (χ0n) is 12.8. The molecule has 0 unspecified atom stereocenters. The summed E-state index contributed by atoms with van der Waals surface area (Å²) in [6.45, 7) is 0. The van der Waals surface area contributed by atoms with E-state index in [0.29, 0.717) is 11.2 Å². The zero-order chi connectivity index (χ0) is 16.4. The highest BCUT2D eigenvalue weighted by Gasteiger charge is 2.15. The Bertz CT molecular complexity index is 855. The predicted molar refractivity (Wildman–Crippen MR) is 90.9 cm³/mol. The Morgan fingerprint density at radius 3 is 2.65 bits per heavy atom. The van der Waals surface area contributed by atoms with E-state index in [0.717, 1.165) is 27.7 Å². The van der Waals surface area contributed by atoms with Crippen molar-refractivity contribution in [3.05, 3.63) is 42.6 Å². The van der Waals surface area contributed by atoms with Crippen LogP contribution in [0.15, 0.2) is 42.6 Å². The summed E-state index contributed by atoms with van der Waals surface area (Å²) in [5.74, 6) is 0.645. The Balaban J connectivity index is 2.18. The molecule has 0 aliphatic heterocycles. The number of ether oxygens (including phenoxy) is 1. The van der Waals surface area contributed by atoms with Crippen LogP contribution in [0.4, 0.5) is 5.69 Å². The Kier molecular flexibility index (Phi) is 4.14. The van der Waals surface area contributed by atoms with Crippen LogP contribution in [0.2, 0.25) is 0 Å². The molecule has 23 heavy (non-hydrogen) atoms. The molecule has 0 aliphatic carbocycles. The maximum Gasteiger partial charge on any atom is 0.488 e. The van der Waals surface area contributed by atoms with Gasteiger partial charge in [0.25, 0.3) is 0 Å². The standard InChI is InChI=1S/C16H16BN3O3/c1-18-15-9-19-20-14-7-10(3-5-12(14)15)13-8-11(17(21)22)4-6-16(13)23-2/h3-9,21-22H,1-2H3,(H,18,20). The first-order chi connectivity index (χ1) is 11.1. The number of fused-ring (bicyclic) bond motifs is 1. The van der Waals surface area contributed by atoms with Gasteiger partial charge >= 0.3 is 7.12 Å². The number of rotatable bonds is 4. The van der Waals surface area contributed by atoms with Gasteiger partial charge in [0.15, 0.2) is 0 Å². The molecule has 1 aromatic heterocycles. The van der Waals surface area contributed by atoms with Crippen LogP contribution < -0.4 is 15.5 Å². The van der Waals surface area contributed by atoms with E-state index in [4.69, 9.17) is 4.74 Å². The molecular formula is C16H16BN3O3. The summed E-state index contributed by atoms with van der Waals surface area (Å²) < 4.78 is 5.38. The number of nitrogens with zero attached hydrogens (tertiary/aromatic N) is 2. The second kappa shape index (κ2) is 6.24. The summed E-state index contributed by atoms with van der Waals surface area (Å²) >= 11 is 0. The Morgan fingerprint density at radius 1 is 1.13 bits per heavy atom. The Hall–Kier alpha value is -2.64. The van der Waals surface area contributed by atoms with E-state index in [2.05, 4.69) is 15.5 Å². The number of nitrogens with one attached hydrogen (secondary N) is 1. The molecule has 116 valence electrons. The van der Waals surface area contributed by atoms with E-state index >= 15 is 0 Å². The molecule has 3 aromatic rings. The third-order valence-corrected chi connectivity index (χ3v) is 3.74. The van der Waals surface area contributed by atoms with Crippen LogP contribution in [0.5, 0.6) is 5.75 Å². The number of hydrogen-bond acceptors (Lipinski definition) is 6. The van der Waals surface area contributed by atoms with Crippen molar-refractivity contribution in [3.8, 4) is 16.9 Å². The Morgan fingerprint density at radius 2 is 1.96 bits per heavy atom. The van der Waals surface area contributed by atoms with Gasteiger partial charge in [-0.25, -0.2) is 0 Å². The summed E-state index contributed by atoms with van der Waals surface area (Å²) in [6.07, 6.45) is 1.67. The maximum atomic E-state index is 9.38. The number of aromatic nitrogens is 2. The van der Waals surface area contributed by atoms with Gasteiger partial charge in [0.1, 0.15) is 5.75 Å². The van der Waals surface area contributed by atoms with E-state index in [1.54, 1.807) is 31.5 Å². The van der Waals surface area contributed by atoms with Gasteiger partial charge < -0.3 is 20.1 Å². The molecule has 0 bridgehead atoms. The van der Waals surface area contributed by atoms with Crippen molar-refractivity contribution < 1.29 is 14.8 Å². The molecule has 0 spiro atoms. The van der Waals surface area contributed by atoms with Crippen molar-refractivity contribution >= 4 is 29.2 Å².